The van der Waals surface area contributed by atoms with Gasteiger partial charge in [0.25, 0.3) is 0 Å². The van der Waals surface area contributed by atoms with Gasteiger partial charge < -0.3 is 10.1 Å². The van der Waals surface area contributed by atoms with Crippen molar-refractivity contribution in [3.05, 3.63) is 33.8 Å². The summed E-state index contributed by atoms with van der Waals surface area (Å²) in [6.07, 6.45) is 0.319. The molecular weight excluding hydrogens is 311 g/mol. The minimum absolute atomic E-state index is 0.0117. The van der Waals surface area contributed by atoms with Crippen LogP contribution in [0.25, 0.3) is 0 Å². The van der Waals surface area contributed by atoms with Crippen molar-refractivity contribution in [3.63, 3.8) is 0 Å². The molecule has 2 atom stereocenters. The molecule has 1 aliphatic rings. The Balaban J connectivity index is 1.82. The van der Waals surface area contributed by atoms with E-state index < -0.39 is 0 Å². The SMILES string of the molecule is C[C@@H]1CN(CC(=O)NCc2ccc(Cl)cc2Cl)C[C@@H](C)O1. The first-order valence-corrected chi connectivity index (χ1v) is 7.78. The van der Waals surface area contributed by atoms with Crippen molar-refractivity contribution in [2.24, 2.45) is 0 Å². The van der Waals surface area contributed by atoms with E-state index in [4.69, 9.17) is 27.9 Å². The van der Waals surface area contributed by atoms with Gasteiger partial charge in [-0.3, -0.25) is 9.69 Å². The maximum atomic E-state index is 12.0. The van der Waals surface area contributed by atoms with Gasteiger partial charge in [-0.25, -0.2) is 0 Å². The van der Waals surface area contributed by atoms with Gasteiger partial charge in [-0.1, -0.05) is 29.3 Å². The third-order valence-corrected chi connectivity index (χ3v) is 3.94. The molecule has 1 amide bonds. The Labute approximate surface area is 135 Å². The molecule has 0 unspecified atom stereocenters. The highest BCUT2D eigenvalue weighted by atomic mass is 35.5. The molecule has 2 rings (SSSR count). The number of amides is 1. The summed E-state index contributed by atoms with van der Waals surface area (Å²) in [5.74, 6) is -0.0117. The van der Waals surface area contributed by atoms with Crippen molar-refractivity contribution in [1.82, 2.24) is 10.2 Å². The number of halogens is 2. The number of carbonyl (C=O) groups excluding carboxylic acids is 1. The summed E-state index contributed by atoms with van der Waals surface area (Å²) in [6, 6.07) is 5.26. The van der Waals surface area contributed by atoms with E-state index in [2.05, 4.69) is 10.2 Å². The third-order valence-electron chi connectivity index (χ3n) is 3.35. The number of benzene rings is 1. The molecule has 1 fully saturated rings. The summed E-state index contributed by atoms with van der Waals surface area (Å²) < 4.78 is 5.65. The van der Waals surface area contributed by atoms with E-state index in [9.17, 15) is 4.79 Å². The van der Waals surface area contributed by atoms with Gasteiger partial charge in [0.05, 0.1) is 18.8 Å². The number of hydrogen-bond donors (Lipinski definition) is 1. The number of nitrogens with zero attached hydrogens (tertiary/aromatic N) is 1. The van der Waals surface area contributed by atoms with Crippen molar-refractivity contribution in [2.45, 2.75) is 32.6 Å². The third kappa shape index (κ3) is 5.15. The maximum Gasteiger partial charge on any atom is 0.234 e. The van der Waals surface area contributed by atoms with E-state index in [-0.39, 0.29) is 18.1 Å². The van der Waals surface area contributed by atoms with E-state index in [0.29, 0.717) is 23.1 Å². The zero-order valence-corrected chi connectivity index (χ0v) is 13.7. The molecule has 6 heteroatoms. The van der Waals surface area contributed by atoms with Crippen LogP contribution in [0.15, 0.2) is 18.2 Å². The molecular formula is C15H20Cl2N2O2. The molecule has 1 N–H and O–H groups in total. The van der Waals surface area contributed by atoms with Gasteiger partial charge in [0, 0.05) is 29.7 Å². The van der Waals surface area contributed by atoms with Crippen molar-refractivity contribution in [3.8, 4) is 0 Å². The van der Waals surface area contributed by atoms with Crippen LogP contribution < -0.4 is 5.32 Å². The second-order valence-corrected chi connectivity index (χ2v) is 6.31. The van der Waals surface area contributed by atoms with Gasteiger partial charge in [0.15, 0.2) is 0 Å². The van der Waals surface area contributed by atoms with Crippen LogP contribution in [-0.4, -0.2) is 42.6 Å². The Kier molecular flexibility index (Phi) is 5.88. The molecule has 1 aliphatic heterocycles. The van der Waals surface area contributed by atoms with Gasteiger partial charge >= 0.3 is 0 Å². The van der Waals surface area contributed by atoms with E-state index in [0.717, 1.165) is 18.7 Å². The highest BCUT2D eigenvalue weighted by Crippen LogP contribution is 2.20. The van der Waals surface area contributed by atoms with Crippen LogP contribution in [0.4, 0.5) is 0 Å². The Bertz CT molecular complexity index is 500. The number of morpholine rings is 1. The first-order valence-electron chi connectivity index (χ1n) is 7.02. The molecule has 0 bridgehead atoms. The van der Waals surface area contributed by atoms with E-state index in [1.54, 1.807) is 12.1 Å². The van der Waals surface area contributed by atoms with Gasteiger partial charge in [-0.05, 0) is 31.5 Å². The minimum atomic E-state index is -0.0117. The molecule has 0 radical (unpaired) electrons. The molecule has 4 nitrogen and oxygen atoms in total. The number of rotatable bonds is 4. The average molecular weight is 331 g/mol. The standard InChI is InChI=1S/C15H20Cl2N2O2/c1-10-7-19(8-11(2)21-10)9-15(20)18-6-12-3-4-13(16)5-14(12)17/h3-5,10-11H,6-9H2,1-2H3,(H,18,20)/t10-,11-/m1/s1. The van der Waals surface area contributed by atoms with Crippen LogP contribution in [0.1, 0.15) is 19.4 Å². The minimum Gasteiger partial charge on any atom is -0.373 e. The summed E-state index contributed by atoms with van der Waals surface area (Å²) in [5, 5.41) is 4.04. The van der Waals surface area contributed by atoms with Crippen molar-refractivity contribution >= 4 is 29.1 Å². The summed E-state index contributed by atoms with van der Waals surface area (Å²) in [4.78, 5) is 14.1. The molecule has 21 heavy (non-hydrogen) atoms. The Morgan fingerprint density at radius 3 is 2.62 bits per heavy atom. The number of carbonyl (C=O) groups is 1. The van der Waals surface area contributed by atoms with Crippen LogP contribution in [-0.2, 0) is 16.1 Å². The smallest absolute Gasteiger partial charge is 0.234 e. The van der Waals surface area contributed by atoms with Gasteiger partial charge in [-0.15, -0.1) is 0 Å². The number of hydrogen-bond acceptors (Lipinski definition) is 3. The van der Waals surface area contributed by atoms with Crippen molar-refractivity contribution in [1.29, 1.82) is 0 Å². The molecule has 116 valence electrons. The summed E-state index contributed by atoms with van der Waals surface area (Å²) in [7, 11) is 0. The van der Waals surface area contributed by atoms with Gasteiger partial charge in [0.2, 0.25) is 5.91 Å². The highest BCUT2D eigenvalue weighted by Gasteiger charge is 2.23. The van der Waals surface area contributed by atoms with Gasteiger partial charge in [-0.2, -0.15) is 0 Å². The zero-order valence-electron chi connectivity index (χ0n) is 12.2. The largest absolute Gasteiger partial charge is 0.373 e. The Morgan fingerprint density at radius 2 is 2.00 bits per heavy atom. The van der Waals surface area contributed by atoms with E-state index in [1.165, 1.54) is 0 Å². The van der Waals surface area contributed by atoms with Crippen LogP contribution in [0, 0.1) is 0 Å². The first kappa shape index (κ1) is 16.6. The first-order chi connectivity index (χ1) is 9.94. The molecule has 0 saturated carbocycles. The van der Waals surface area contributed by atoms with Crippen LogP contribution in [0.3, 0.4) is 0 Å². The topological polar surface area (TPSA) is 41.6 Å². The molecule has 1 aromatic rings. The number of ether oxygens (including phenoxy) is 1. The highest BCUT2D eigenvalue weighted by molar-refractivity contribution is 6.35. The van der Waals surface area contributed by atoms with Crippen LogP contribution in [0.5, 0.6) is 0 Å². The van der Waals surface area contributed by atoms with Crippen LogP contribution >= 0.6 is 23.2 Å². The van der Waals surface area contributed by atoms with Crippen molar-refractivity contribution < 1.29 is 9.53 Å². The van der Waals surface area contributed by atoms with Crippen LogP contribution in [0.2, 0.25) is 10.0 Å². The Morgan fingerprint density at radius 1 is 1.33 bits per heavy atom. The van der Waals surface area contributed by atoms with E-state index >= 15 is 0 Å². The molecule has 1 aromatic carbocycles. The lowest BCUT2D eigenvalue weighted by Gasteiger charge is -2.34. The molecule has 0 aromatic heterocycles. The average Bonchev–Trinajstić information content (AvgIpc) is 2.36. The van der Waals surface area contributed by atoms with Gasteiger partial charge in [0.1, 0.15) is 0 Å². The monoisotopic (exact) mass is 330 g/mol. The zero-order chi connectivity index (χ0) is 15.4. The maximum absolute atomic E-state index is 12.0. The lowest BCUT2D eigenvalue weighted by molar-refractivity contribution is -0.126. The predicted octanol–water partition coefficient (Wildman–Crippen LogP) is 2.72. The summed E-state index contributed by atoms with van der Waals surface area (Å²) in [6.45, 7) is 6.38. The lowest BCUT2D eigenvalue weighted by Crippen LogP contribution is -2.49. The quantitative estimate of drug-likeness (QED) is 0.922. The summed E-state index contributed by atoms with van der Waals surface area (Å²) in [5.41, 5.74) is 0.859. The fourth-order valence-corrected chi connectivity index (χ4v) is 3.01. The Hall–Kier alpha value is -0.810. The molecule has 1 heterocycles. The molecule has 0 spiro atoms. The fourth-order valence-electron chi connectivity index (χ4n) is 2.53. The number of nitrogens with one attached hydrogen (secondary N) is 1. The summed E-state index contributed by atoms with van der Waals surface area (Å²) >= 11 is 11.9. The van der Waals surface area contributed by atoms with E-state index in [1.807, 2.05) is 19.9 Å². The predicted molar refractivity (Wildman–Crippen MR) is 84.8 cm³/mol. The second-order valence-electron chi connectivity index (χ2n) is 5.46. The molecule has 0 aliphatic carbocycles. The van der Waals surface area contributed by atoms with Crippen molar-refractivity contribution in [2.75, 3.05) is 19.6 Å². The normalized spacial score (nSPS) is 23.0. The molecule has 1 saturated heterocycles. The second kappa shape index (κ2) is 7.45. The lowest BCUT2D eigenvalue weighted by atomic mass is 10.2. The fraction of sp³-hybridized carbons (Fsp3) is 0.533.